The van der Waals surface area contributed by atoms with Gasteiger partial charge >= 0.3 is 5.97 Å². The Labute approximate surface area is 369 Å². The summed E-state index contributed by atoms with van der Waals surface area (Å²) in [4.78, 5) is 18.5. The summed E-state index contributed by atoms with van der Waals surface area (Å²) in [5, 5.41) is 59.2. The molecule has 18 atom stereocenters. The Balaban J connectivity index is 2.05. The molecule has 0 aromatic rings. The first-order valence-corrected chi connectivity index (χ1v) is 23.7. The molecule has 0 amide bonds. The smallest absolute Gasteiger partial charge is 0.311 e. The number of hydrogen-bond donors (Lipinski definition) is 5. The van der Waals surface area contributed by atoms with E-state index in [2.05, 4.69) is 11.8 Å². The predicted octanol–water partition coefficient (Wildman–Crippen LogP) is 5.41. The lowest BCUT2D eigenvalue weighted by atomic mass is 9.77. The van der Waals surface area contributed by atoms with Crippen molar-refractivity contribution in [2.75, 3.05) is 34.3 Å². The van der Waals surface area contributed by atoms with Crippen LogP contribution in [0.5, 0.6) is 0 Å². The second-order valence-electron chi connectivity index (χ2n) is 20.2. The second-order valence-corrected chi connectivity index (χ2v) is 20.2. The number of methoxy groups -OCH3 is 1. The largest absolute Gasteiger partial charge is 0.459 e. The van der Waals surface area contributed by atoms with Crippen LogP contribution in [-0.4, -0.2) is 166 Å². The fourth-order valence-corrected chi connectivity index (χ4v) is 10.3. The first-order chi connectivity index (χ1) is 28.4. The molecule has 3 rings (SSSR count). The molecule has 0 bridgehead atoms. The normalized spacial score (nSPS) is 44.1. The Morgan fingerprint density at radius 1 is 0.852 bits per heavy atom. The van der Waals surface area contributed by atoms with Gasteiger partial charge in [0.25, 0.3) is 0 Å². The predicted molar refractivity (Wildman–Crippen MR) is 236 cm³/mol. The highest BCUT2D eigenvalue weighted by Gasteiger charge is 2.52. The van der Waals surface area contributed by atoms with Gasteiger partial charge in [-0.15, -0.1) is 0 Å². The average Bonchev–Trinajstić information content (AvgIpc) is 3.19. The topological polar surface area (TPSA) is 180 Å². The van der Waals surface area contributed by atoms with Crippen LogP contribution in [0.25, 0.3) is 0 Å². The van der Waals surface area contributed by atoms with Crippen LogP contribution in [0.1, 0.15) is 153 Å². The molecule has 0 saturated carbocycles. The lowest BCUT2D eigenvalue weighted by molar-refractivity contribution is -0.318. The fraction of sp³-hybridized carbons (Fsp3) is 0.979. The zero-order valence-corrected chi connectivity index (χ0v) is 40.5. The van der Waals surface area contributed by atoms with Gasteiger partial charge in [-0.05, 0) is 101 Å². The number of rotatable bonds is 16. The Morgan fingerprint density at radius 3 is 2.05 bits per heavy atom. The lowest BCUT2D eigenvalue weighted by Crippen LogP contribution is -2.60. The molecule has 0 aromatic carbocycles. The van der Waals surface area contributed by atoms with Crippen molar-refractivity contribution in [3.05, 3.63) is 0 Å². The minimum atomic E-state index is -1.80. The number of carbonyl (C=O) groups excluding carboxylic acids is 1. The van der Waals surface area contributed by atoms with Gasteiger partial charge in [-0.3, -0.25) is 4.79 Å². The zero-order valence-electron chi connectivity index (χ0n) is 40.5. The summed E-state index contributed by atoms with van der Waals surface area (Å²) in [6.07, 6.45) is 1.51. The summed E-state index contributed by atoms with van der Waals surface area (Å²) in [7, 11) is 5.42. The third-order valence-corrected chi connectivity index (χ3v) is 14.5. The van der Waals surface area contributed by atoms with E-state index in [1.807, 2.05) is 46.7 Å². The van der Waals surface area contributed by atoms with Crippen LogP contribution >= 0.6 is 0 Å². The molecule has 0 aliphatic carbocycles. The van der Waals surface area contributed by atoms with E-state index < -0.39 is 96.0 Å². The molecular weight excluding hydrogens is 785 g/mol. The van der Waals surface area contributed by atoms with E-state index in [1.165, 1.54) is 52.6 Å². The van der Waals surface area contributed by atoms with E-state index in [-0.39, 0.29) is 37.3 Å². The Hall–Kier alpha value is -1.01. The summed E-state index contributed by atoms with van der Waals surface area (Å²) >= 11 is 0. The molecule has 14 heteroatoms. The monoisotopic (exact) mass is 875 g/mol. The van der Waals surface area contributed by atoms with Gasteiger partial charge in [-0.1, -0.05) is 72.6 Å². The number of hydrogen-bond acceptors (Lipinski definition) is 14. The van der Waals surface area contributed by atoms with Crippen LogP contribution in [0.4, 0.5) is 0 Å². The minimum absolute atomic E-state index is 0.135. The van der Waals surface area contributed by atoms with E-state index in [1.54, 1.807) is 34.6 Å². The van der Waals surface area contributed by atoms with Gasteiger partial charge in [0.1, 0.15) is 30.0 Å². The van der Waals surface area contributed by atoms with Crippen LogP contribution in [0.2, 0.25) is 0 Å². The van der Waals surface area contributed by atoms with Crippen molar-refractivity contribution in [1.29, 1.82) is 0 Å². The summed E-state index contributed by atoms with van der Waals surface area (Å²) < 4.78 is 38.2. The summed E-state index contributed by atoms with van der Waals surface area (Å²) in [5.74, 6) is -2.59. The molecule has 0 aromatic heterocycles. The molecule has 1 unspecified atom stereocenters. The maximum absolute atomic E-state index is 14.4. The molecular formula is C47H90N2O12. The second kappa shape index (κ2) is 24.0. The van der Waals surface area contributed by atoms with E-state index in [4.69, 9.17) is 28.4 Å². The first kappa shape index (κ1) is 54.3. The van der Waals surface area contributed by atoms with E-state index >= 15 is 0 Å². The molecule has 3 saturated heterocycles. The van der Waals surface area contributed by atoms with Gasteiger partial charge in [0.05, 0.1) is 41.5 Å². The molecule has 3 fully saturated rings. The van der Waals surface area contributed by atoms with Crippen LogP contribution in [-0.2, 0) is 33.2 Å². The number of aliphatic hydroxyl groups excluding tert-OH is 3. The van der Waals surface area contributed by atoms with Crippen molar-refractivity contribution in [1.82, 2.24) is 9.80 Å². The number of unbranched alkanes of at least 4 members (excludes halogenated alkanes) is 7. The van der Waals surface area contributed by atoms with Gasteiger partial charge in [0, 0.05) is 38.1 Å². The SMILES string of the molecule is CCCCCCCCCCN(C)C1C[C@@H](C)O[C@@H](O[C@@H]2[C@@H](C)[C@H](O[C@H]3C[C@@](C)(OC)[C@@H](O)[C@H](C)O3)[C@@H](C)C(=O)O[C@H](CC)[C@@](C)(O)[C@H](O)[C@@H](C)N(C)C[C@H](C)C[C@@]2(C)O)[C@@H]1O. The van der Waals surface area contributed by atoms with E-state index in [0.717, 1.165) is 19.4 Å². The minimum Gasteiger partial charge on any atom is -0.459 e. The fourth-order valence-electron chi connectivity index (χ4n) is 10.3. The number of esters is 1. The highest BCUT2D eigenvalue weighted by Crippen LogP contribution is 2.40. The van der Waals surface area contributed by atoms with Crippen molar-refractivity contribution < 1.29 is 58.7 Å². The molecule has 3 heterocycles. The van der Waals surface area contributed by atoms with Gasteiger partial charge in [-0.25, -0.2) is 0 Å². The van der Waals surface area contributed by atoms with Crippen LogP contribution < -0.4 is 0 Å². The lowest BCUT2D eigenvalue weighted by Gasteiger charge is -2.49. The average molecular weight is 875 g/mol. The number of nitrogens with zero attached hydrogens (tertiary/aromatic N) is 2. The van der Waals surface area contributed by atoms with Crippen LogP contribution in [0, 0.1) is 17.8 Å². The van der Waals surface area contributed by atoms with Crippen molar-refractivity contribution >= 4 is 5.97 Å². The Morgan fingerprint density at radius 2 is 1.46 bits per heavy atom. The maximum Gasteiger partial charge on any atom is 0.311 e. The van der Waals surface area contributed by atoms with Crippen molar-refractivity contribution in [2.24, 2.45) is 17.8 Å². The molecule has 360 valence electrons. The molecule has 5 N–H and O–H groups in total. The third kappa shape index (κ3) is 14.2. The molecule has 0 radical (unpaired) electrons. The molecule has 0 spiro atoms. The summed E-state index contributed by atoms with van der Waals surface area (Å²) in [6, 6.07) is -0.793. The molecule has 3 aliphatic rings. The third-order valence-electron chi connectivity index (χ3n) is 14.5. The Kier molecular flexibility index (Phi) is 21.3. The van der Waals surface area contributed by atoms with Crippen LogP contribution in [0.15, 0.2) is 0 Å². The number of carbonyl (C=O) groups is 1. The highest BCUT2D eigenvalue weighted by molar-refractivity contribution is 5.73. The van der Waals surface area contributed by atoms with Gasteiger partial charge in [0.2, 0.25) is 0 Å². The van der Waals surface area contributed by atoms with Crippen molar-refractivity contribution in [3.8, 4) is 0 Å². The molecule has 14 nitrogen and oxygen atoms in total. The van der Waals surface area contributed by atoms with Gasteiger partial charge in [0.15, 0.2) is 12.6 Å². The number of aliphatic hydroxyl groups is 5. The standard InChI is InChI=1S/C47H90N2O12/c1-15-17-18-19-20-21-22-23-24-48(12)35-25-30(4)57-44(38(35)50)61-42-31(5)39(60-37-27-46(10,56-14)41(52)34(8)58-37)32(6)43(53)59-36(16-2)47(11,55)40(51)33(7)49(13)28-29(3)26-45(42,9)54/h29-42,44,50-52,54-55H,15-28H2,1-14H3/t29-,30-,31+,32-,33-,34+,35?,36-,37+,38-,39+,40-,41+,42-,44+,45-,46-,47-/m1/s1. The maximum atomic E-state index is 14.4. The first-order valence-electron chi connectivity index (χ1n) is 23.7. The quantitative estimate of drug-likeness (QED) is 0.0982. The summed E-state index contributed by atoms with van der Waals surface area (Å²) in [6.45, 7) is 21.3. The van der Waals surface area contributed by atoms with E-state index in [0.29, 0.717) is 13.0 Å². The Bertz CT molecular complexity index is 1290. The zero-order chi connectivity index (χ0) is 46.0. The summed E-state index contributed by atoms with van der Waals surface area (Å²) in [5.41, 5.74) is -4.39. The van der Waals surface area contributed by atoms with Crippen LogP contribution in [0.3, 0.4) is 0 Å². The van der Waals surface area contributed by atoms with Gasteiger partial charge in [-0.2, -0.15) is 0 Å². The van der Waals surface area contributed by atoms with Gasteiger partial charge < -0.3 is 63.8 Å². The number of ether oxygens (including phenoxy) is 6. The number of cyclic esters (lactones) is 1. The number of likely N-dealkylation sites (N-methyl/N-ethyl adjacent to an activating group) is 2. The molecule has 3 aliphatic heterocycles. The van der Waals surface area contributed by atoms with Crippen molar-refractivity contribution in [3.63, 3.8) is 0 Å². The van der Waals surface area contributed by atoms with Crippen molar-refractivity contribution in [2.45, 2.75) is 244 Å². The van der Waals surface area contributed by atoms with E-state index in [9.17, 15) is 30.3 Å². The molecule has 61 heavy (non-hydrogen) atoms. The highest BCUT2D eigenvalue weighted by atomic mass is 16.7.